The van der Waals surface area contributed by atoms with E-state index < -0.39 is 0 Å². The molecule has 3 N–H and O–H groups in total. The maximum atomic E-state index is 9.35. The number of halogens is 1. The molecule has 0 atom stereocenters. The summed E-state index contributed by atoms with van der Waals surface area (Å²) in [5, 5.41) is 9.35. The second-order valence-electron chi connectivity index (χ2n) is 2.34. The average Bonchev–Trinajstić information content (AvgIpc) is 2.07. The molecule has 0 bridgehead atoms. The molecule has 0 heterocycles. The summed E-state index contributed by atoms with van der Waals surface area (Å²) < 4.78 is 0.942. The van der Waals surface area contributed by atoms with Crippen LogP contribution < -0.4 is 5.73 Å². The number of nitrogens with two attached hydrogens (primary N) is 1. The zero-order valence-electron chi connectivity index (χ0n) is 6.50. The van der Waals surface area contributed by atoms with Crippen LogP contribution in [0.15, 0.2) is 28.7 Å². The van der Waals surface area contributed by atoms with Gasteiger partial charge in [0.15, 0.2) is 0 Å². The maximum absolute atomic E-state index is 9.35. The Balaban J connectivity index is 2.97. The molecule has 0 amide bonds. The summed E-state index contributed by atoms with van der Waals surface area (Å²) >= 11 is 3.31. The largest absolute Gasteiger partial charge is 0.507 e. The molecule has 1 rings (SSSR count). The molecule has 2 nitrogen and oxygen atoms in total. The van der Waals surface area contributed by atoms with Gasteiger partial charge in [-0.2, -0.15) is 0 Å². The van der Waals surface area contributed by atoms with E-state index in [2.05, 4.69) is 15.9 Å². The molecule has 3 heteroatoms. The van der Waals surface area contributed by atoms with E-state index in [0.29, 0.717) is 6.54 Å². The van der Waals surface area contributed by atoms with E-state index in [4.69, 9.17) is 5.73 Å². The summed E-state index contributed by atoms with van der Waals surface area (Å²) in [6, 6.07) is 5.26. The predicted octanol–water partition coefficient (Wildman–Crippen LogP) is 2.13. The van der Waals surface area contributed by atoms with Crippen molar-refractivity contribution in [3.63, 3.8) is 0 Å². The first-order valence-electron chi connectivity index (χ1n) is 3.59. The van der Waals surface area contributed by atoms with E-state index in [1.165, 1.54) is 0 Å². The van der Waals surface area contributed by atoms with Gasteiger partial charge in [-0.3, -0.25) is 0 Å². The summed E-state index contributed by atoms with van der Waals surface area (Å²) in [7, 11) is 0. The van der Waals surface area contributed by atoms with Crippen LogP contribution in [0.2, 0.25) is 0 Å². The van der Waals surface area contributed by atoms with Crippen molar-refractivity contribution in [3.05, 3.63) is 34.3 Å². The van der Waals surface area contributed by atoms with E-state index in [1.54, 1.807) is 24.3 Å². The highest BCUT2D eigenvalue weighted by Gasteiger charge is 1.96. The van der Waals surface area contributed by atoms with Crippen LogP contribution in [0, 0.1) is 0 Å². The van der Waals surface area contributed by atoms with Gasteiger partial charge in [0.1, 0.15) is 5.75 Å². The van der Waals surface area contributed by atoms with E-state index in [9.17, 15) is 5.11 Å². The molecule has 0 fully saturated rings. The summed E-state index contributed by atoms with van der Waals surface area (Å²) in [6.07, 6.45) is 3.58. The first kappa shape index (κ1) is 9.29. The second-order valence-corrected chi connectivity index (χ2v) is 3.26. The Bertz CT molecular complexity index is 297. The molecule has 0 spiro atoms. The van der Waals surface area contributed by atoms with E-state index >= 15 is 0 Å². The van der Waals surface area contributed by atoms with Gasteiger partial charge in [0, 0.05) is 16.6 Å². The molecule has 0 unspecified atom stereocenters. The van der Waals surface area contributed by atoms with Crippen molar-refractivity contribution in [1.82, 2.24) is 0 Å². The van der Waals surface area contributed by atoms with Crippen LogP contribution in [0.25, 0.3) is 6.08 Å². The Labute approximate surface area is 79.8 Å². The van der Waals surface area contributed by atoms with E-state index in [0.717, 1.165) is 10.0 Å². The standard InChI is InChI=1S/C9H10BrNO/c10-8-3-4-9(12)7(6-8)2-1-5-11/h1-4,6,12H,5,11H2/b2-1+. The minimum atomic E-state index is 0.267. The number of benzene rings is 1. The fourth-order valence-electron chi connectivity index (χ4n) is 0.854. The first-order valence-corrected chi connectivity index (χ1v) is 4.38. The van der Waals surface area contributed by atoms with Gasteiger partial charge >= 0.3 is 0 Å². The Morgan fingerprint density at radius 3 is 2.92 bits per heavy atom. The SMILES string of the molecule is NC/C=C/c1cc(Br)ccc1O. The van der Waals surface area contributed by atoms with Crippen molar-refractivity contribution in [2.75, 3.05) is 6.54 Å². The zero-order valence-corrected chi connectivity index (χ0v) is 8.08. The molecule has 0 aliphatic heterocycles. The Morgan fingerprint density at radius 1 is 1.50 bits per heavy atom. The third kappa shape index (κ3) is 2.36. The molecule has 12 heavy (non-hydrogen) atoms. The van der Waals surface area contributed by atoms with Crippen LogP contribution in [0.3, 0.4) is 0 Å². The second kappa shape index (κ2) is 4.28. The number of hydrogen-bond donors (Lipinski definition) is 2. The lowest BCUT2D eigenvalue weighted by molar-refractivity contribution is 0.474. The van der Waals surface area contributed by atoms with Crippen molar-refractivity contribution in [1.29, 1.82) is 0 Å². The van der Waals surface area contributed by atoms with Crippen molar-refractivity contribution in [2.24, 2.45) is 5.73 Å². The van der Waals surface area contributed by atoms with Gasteiger partial charge in [0.25, 0.3) is 0 Å². The van der Waals surface area contributed by atoms with E-state index in [-0.39, 0.29) is 5.75 Å². The van der Waals surface area contributed by atoms with E-state index in [1.807, 2.05) is 6.07 Å². The molecule has 0 radical (unpaired) electrons. The number of rotatable bonds is 2. The van der Waals surface area contributed by atoms with Gasteiger partial charge in [0.05, 0.1) is 0 Å². The highest BCUT2D eigenvalue weighted by Crippen LogP contribution is 2.22. The fraction of sp³-hybridized carbons (Fsp3) is 0.111. The van der Waals surface area contributed by atoms with Crippen LogP contribution >= 0.6 is 15.9 Å². The molecular weight excluding hydrogens is 218 g/mol. The lowest BCUT2D eigenvalue weighted by Gasteiger charge is -1.98. The molecule has 0 aliphatic carbocycles. The van der Waals surface area contributed by atoms with Crippen LogP contribution in [0.4, 0.5) is 0 Å². The predicted molar refractivity (Wildman–Crippen MR) is 53.9 cm³/mol. The molecule has 1 aromatic rings. The fourth-order valence-corrected chi connectivity index (χ4v) is 1.23. The van der Waals surface area contributed by atoms with Crippen molar-refractivity contribution >= 4 is 22.0 Å². The zero-order chi connectivity index (χ0) is 8.97. The third-order valence-electron chi connectivity index (χ3n) is 1.42. The normalized spacial score (nSPS) is 10.8. The highest BCUT2D eigenvalue weighted by atomic mass is 79.9. The molecule has 1 aromatic carbocycles. The summed E-state index contributed by atoms with van der Waals surface area (Å²) in [5.41, 5.74) is 6.06. The lowest BCUT2D eigenvalue weighted by Crippen LogP contribution is -1.91. The van der Waals surface area contributed by atoms with Gasteiger partial charge in [-0.25, -0.2) is 0 Å². The van der Waals surface area contributed by atoms with Crippen molar-refractivity contribution < 1.29 is 5.11 Å². The summed E-state index contributed by atoms with van der Waals surface area (Å²) in [4.78, 5) is 0. The van der Waals surface area contributed by atoms with Crippen LogP contribution in [-0.2, 0) is 0 Å². The maximum Gasteiger partial charge on any atom is 0.122 e. The van der Waals surface area contributed by atoms with Crippen LogP contribution in [-0.4, -0.2) is 11.7 Å². The molecule has 0 saturated heterocycles. The Hall–Kier alpha value is -0.800. The van der Waals surface area contributed by atoms with Gasteiger partial charge in [0.2, 0.25) is 0 Å². The van der Waals surface area contributed by atoms with Crippen LogP contribution in [0.1, 0.15) is 5.56 Å². The number of hydrogen-bond acceptors (Lipinski definition) is 2. The molecule has 0 aromatic heterocycles. The monoisotopic (exact) mass is 227 g/mol. The molecule has 0 aliphatic rings. The number of aromatic hydroxyl groups is 1. The van der Waals surface area contributed by atoms with Gasteiger partial charge in [-0.05, 0) is 18.2 Å². The summed E-state index contributed by atoms with van der Waals surface area (Å²) in [6.45, 7) is 0.478. The van der Waals surface area contributed by atoms with Crippen LogP contribution in [0.5, 0.6) is 5.75 Å². The van der Waals surface area contributed by atoms with Crippen molar-refractivity contribution in [2.45, 2.75) is 0 Å². The highest BCUT2D eigenvalue weighted by molar-refractivity contribution is 9.10. The number of phenolic OH excluding ortho intramolecular Hbond substituents is 1. The van der Waals surface area contributed by atoms with Crippen molar-refractivity contribution in [3.8, 4) is 5.75 Å². The summed E-state index contributed by atoms with van der Waals surface area (Å²) in [5.74, 6) is 0.267. The third-order valence-corrected chi connectivity index (χ3v) is 1.92. The van der Waals surface area contributed by atoms with Gasteiger partial charge in [-0.1, -0.05) is 28.1 Å². The lowest BCUT2D eigenvalue weighted by atomic mass is 10.2. The quantitative estimate of drug-likeness (QED) is 0.814. The molecule has 0 saturated carbocycles. The minimum absolute atomic E-state index is 0.267. The van der Waals surface area contributed by atoms with Gasteiger partial charge < -0.3 is 10.8 Å². The average molecular weight is 228 g/mol. The Kier molecular flexibility index (Phi) is 3.31. The van der Waals surface area contributed by atoms with Gasteiger partial charge in [-0.15, -0.1) is 0 Å². The molecule has 64 valence electrons. The smallest absolute Gasteiger partial charge is 0.122 e. The Morgan fingerprint density at radius 2 is 2.25 bits per heavy atom. The molecular formula is C9H10BrNO. The topological polar surface area (TPSA) is 46.2 Å². The minimum Gasteiger partial charge on any atom is -0.507 e. The first-order chi connectivity index (χ1) is 5.74. The number of phenols is 1.